The number of nitrogens with zero attached hydrogens (tertiary/aromatic N) is 1. The Morgan fingerprint density at radius 3 is 1.51 bits per heavy atom. The van der Waals surface area contributed by atoms with Crippen molar-refractivity contribution < 1.29 is 32.9 Å². The maximum atomic E-state index is 12.8. The molecule has 292 valence electrons. The van der Waals surface area contributed by atoms with Crippen molar-refractivity contribution in [2.24, 2.45) is 0 Å². The fourth-order valence-electron chi connectivity index (χ4n) is 5.92. The van der Waals surface area contributed by atoms with Crippen LogP contribution in [-0.4, -0.2) is 73.4 Å². The van der Waals surface area contributed by atoms with Crippen molar-refractivity contribution >= 4 is 13.7 Å². The summed E-state index contributed by atoms with van der Waals surface area (Å²) in [7, 11) is 1.58. The number of unbranched alkanes of at least 4 members (excludes halogenated alkanes) is 24. The zero-order valence-electron chi connectivity index (χ0n) is 32.9. The van der Waals surface area contributed by atoms with E-state index in [0.717, 1.165) is 38.5 Å². The lowest BCUT2D eigenvalue weighted by Crippen LogP contribution is -2.45. The first kappa shape index (κ1) is 48.2. The van der Waals surface area contributed by atoms with E-state index < -0.39 is 20.0 Å². The third kappa shape index (κ3) is 35.4. The number of allylic oxidation sites excluding steroid dienone is 1. The number of phosphoric acid groups is 1. The van der Waals surface area contributed by atoms with Crippen molar-refractivity contribution in [3.63, 3.8) is 0 Å². The van der Waals surface area contributed by atoms with Crippen molar-refractivity contribution in [2.75, 3.05) is 40.9 Å². The molecule has 9 heteroatoms. The van der Waals surface area contributed by atoms with E-state index in [1.165, 1.54) is 128 Å². The molecule has 0 aromatic carbocycles. The number of hydrogen-bond acceptors (Lipinski definition) is 5. The minimum Gasteiger partial charge on any atom is -0.387 e. The quantitative estimate of drug-likeness (QED) is 0.0256. The Labute approximate surface area is 303 Å². The topological polar surface area (TPSA) is 105 Å². The Bertz CT molecular complexity index is 819. The molecule has 0 saturated carbocycles. The molecule has 0 spiro atoms. The largest absolute Gasteiger partial charge is 0.472 e. The van der Waals surface area contributed by atoms with Gasteiger partial charge in [-0.05, 0) is 19.3 Å². The van der Waals surface area contributed by atoms with Crippen LogP contribution in [0.15, 0.2) is 12.2 Å². The summed E-state index contributed by atoms with van der Waals surface area (Å²) in [6.45, 7) is 4.76. The van der Waals surface area contributed by atoms with Gasteiger partial charge in [-0.3, -0.25) is 13.8 Å². The summed E-state index contributed by atoms with van der Waals surface area (Å²) in [4.78, 5) is 22.9. The van der Waals surface area contributed by atoms with E-state index >= 15 is 0 Å². The van der Waals surface area contributed by atoms with Crippen molar-refractivity contribution in [1.29, 1.82) is 0 Å². The number of hydrogen-bond donors (Lipinski definition) is 3. The Kier molecular flexibility index (Phi) is 32.6. The predicted octanol–water partition coefficient (Wildman–Crippen LogP) is 10.8. The lowest BCUT2D eigenvalue weighted by atomic mass is 10.0. The number of nitrogens with one attached hydrogen (secondary N) is 1. The summed E-state index contributed by atoms with van der Waals surface area (Å²) in [6.07, 6.45) is 35.8. The number of phosphoric ester groups is 1. The monoisotopic (exact) mass is 718 g/mol. The molecule has 8 nitrogen and oxygen atoms in total. The molecule has 0 aromatic heterocycles. The van der Waals surface area contributed by atoms with E-state index in [1.807, 2.05) is 27.2 Å². The lowest BCUT2D eigenvalue weighted by molar-refractivity contribution is -0.870. The number of amides is 1. The fraction of sp³-hybridized carbons (Fsp3) is 0.925. The molecule has 3 N–H and O–H groups in total. The Morgan fingerprint density at radius 2 is 1.08 bits per heavy atom. The maximum absolute atomic E-state index is 12.8. The second-order valence-electron chi connectivity index (χ2n) is 15.4. The number of rotatable bonds is 37. The van der Waals surface area contributed by atoms with Gasteiger partial charge in [-0.25, -0.2) is 4.57 Å². The van der Waals surface area contributed by atoms with Gasteiger partial charge in [0.15, 0.2) is 0 Å². The van der Waals surface area contributed by atoms with Gasteiger partial charge in [-0.1, -0.05) is 174 Å². The normalized spacial score (nSPS) is 14.7. The Hall–Kier alpha value is -0.760. The highest BCUT2D eigenvalue weighted by Gasteiger charge is 2.27. The second-order valence-corrected chi connectivity index (χ2v) is 16.8. The average Bonchev–Trinajstić information content (AvgIpc) is 3.04. The predicted molar refractivity (Wildman–Crippen MR) is 208 cm³/mol. The van der Waals surface area contributed by atoms with E-state index in [2.05, 4.69) is 19.2 Å². The first-order valence-corrected chi connectivity index (χ1v) is 22.1. The molecule has 0 aliphatic carbocycles. The number of aliphatic hydroxyl groups is 1. The van der Waals surface area contributed by atoms with E-state index in [0.29, 0.717) is 17.4 Å². The van der Waals surface area contributed by atoms with E-state index in [-0.39, 0.29) is 19.1 Å². The summed E-state index contributed by atoms with van der Waals surface area (Å²) in [5.41, 5.74) is 0. The fourth-order valence-corrected chi connectivity index (χ4v) is 6.66. The number of likely N-dealkylation sites (N-methyl/N-ethyl adjacent to an activating group) is 1. The molecule has 0 radical (unpaired) electrons. The maximum Gasteiger partial charge on any atom is 0.472 e. The van der Waals surface area contributed by atoms with E-state index in [4.69, 9.17) is 9.05 Å². The van der Waals surface area contributed by atoms with Crippen LogP contribution >= 0.6 is 7.82 Å². The molecule has 0 aliphatic heterocycles. The van der Waals surface area contributed by atoms with Crippen LogP contribution in [0.3, 0.4) is 0 Å². The van der Waals surface area contributed by atoms with Gasteiger partial charge in [0, 0.05) is 6.42 Å². The van der Waals surface area contributed by atoms with Gasteiger partial charge in [0.05, 0.1) is 39.9 Å². The van der Waals surface area contributed by atoms with Gasteiger partial charge in [-0.15, -0.1) is 0 Å². The lowest BCUT2D eigenvalue weighted by Gasteiger charge is -2.25. The molecule has 3 atom stereocenters. The molecule has 0 aromatic rings. The zero-order valence-corrected chi connectivity index (χ0v) is 33.8. The van der Waals surface area contributed by atoms with Gasteiger partial charge in [0.25, 0.3) is 0 Å². The van der Waals surface area contributed by atoms with E-state index in [1.54, 1.807) is 6.08 Å². The van der Waals surface area contributed by atoms with Crippen molar-refractivity contribution in [2.45, 2.75) is 199 Å². The van der Waals surface area contributed by atoms with Gasteiger partial charge in [-0.2, -0.15) is 0 Å². The Balaban J connectivity index is 4.20. The molecule has 0 heterocycles. The van der Waals surface area contributed by atoms with Crippen LogP contribution in [0.1, 0.15) is 187 Å². The molecule has 0 bridgehead atoms. The van der Waals surface area contributed by atoms with Gasteiger partial charge in [0.2, 0.25) is 5.91 Å². The molecule has 0 fully saturated rings. The number of carbonyl (C=O) groups is 1. The second kappa shape index (κ2) is 33.1. The Morgan fingerprint density at radius 1 is 0.673 bits per heavy atom. The minimum absolute atomic E-state index is 0.0637. The summed E-state index contributed by atoms with van der Waals surface area (Å²) in [5, 5.41) is 13.7. The van der Waals surface area contributed by atoms with Crippen LogP contribution < -0.4 is 5.32 Å². The highest BCUT2D eigenvalue weighted by atomic mass is 31.2. The third-order valence-corrected chi connectivity index (χ3v) is 10.2. The summed E-state index contributed by atoms with van der Waals surface area (Å²) in [6, 6.07) is -0.837. The molecule has 1 amide bonds. The van der Waals surface area contributed by atoms with Crippen LogP contribution in [0.5, 0.6) is 0 Å². The minimum atomic E-state index is -4.32. The van der Waals surface area contributed by atoms with Gasteiger partial charge >= 0.3 is 7.82 Å². The smallest absolute Gasteiger partial charge is 0.387 e. The van der Waals surface area contributed by atoms with Gasteiger partial charge in [0.1, 0.15) is 13.2 Å². The van der Waals surface area contributed by atoms with Crippen molar-refractivity contribution in [3.8, 4) is 0 Å². The van der Waals surface area contributed by atoms with Crippen LogP contribution in [0.25, 0.3) is 0 Å². The zero-order chi connectivity index (χ0) is 36.5. The third-order valence-electron chi connectivity index (χ3n) is 9.26. The molecule has 0 saturated heterocycles. The average molecular weight is 718 g/mol. The highest BCUT2D eigenvalue weighted by molar-refractivity contribution is 7.47. The molecular weight excluding hydrogens is 635 g/mol. The first-order chi connectivity index (χ1) is 23.5. The van der Waals surface area contributed by atoms with Crippen LogP contribution in [0, 0.1) is 0 Å². The van der Waals surface area contributed by atoms with Crippen molar-refractivity contribution in [3.05, 3.63) is 12.2 Å². The number of aliphatic hydroxyl groups excluding tert-OH is 1. The molecular formula is C40H82N2O6P+. The highest BCUT2D eigenvalue weighted by Crippen LogP contribution is 2.43. The van der Waals surface area contributed by atoms with Crippen LogP contribution in [-0.2, 0) is 18.4 Å². The molecule has 0 rings (SSSR count). The van der Waals surface area contributed by atoms with Gasteiger partial charge < -0.3 is 19.8 Å². The van der Waals surface area contributed by atoms with Crippen LogP contribution in [0.2, 0.25) is 0 Å². The number of quaternary nitrogens is 1. The van der Waals surface area contributed by atoms with E-state index in [9.17, 15) is 19.4 Å². The molecule has 3 unspecified atom stereocenters. The van der Waals surface area contributed by atoms with Crippen molar-refractivity contribution in [1.82, 2.24) is 5.32 Å². The number of carbonyl (C=O) groups excluding carboxylic acids is 1. The standard InChI is InChI=1S/C40H81N2O6P/c1-6-8-10-12-14-15-16-17-18-19-20-21-22-23-24-25-26-28-30-32-34-40(44)41-38(39(43)33-31-29-27-13-11-9-7-2)37-48-49(45,46)47-36-35-42(3,4)5/h31,33,38-39,43H,6-30,32,34-37H2,1-5H3,(H-,41,44,45,46)/p+1/b33-31+. The first-order valence-electron chi connectivity index (χ1n) is 20.6. The van der Waals surface area contributed by atoms with Crippen LogP contribution in [0.4, 0.5) is 0 Å². The molecule has 0 aliphatic rings. The summed E-state index contributed by atoms with van der Waals surface area (Å²) < 4.78 is 23.4. The SMILES string of the molecule is CCCCCCC/C=C/C(O)C(COP(=O)(O)OCC[N+](C)(C)C)NC(=O)CCCCCCCCCCCCCCCCCCCCCC. The molecule has 49 heavy (non-hydrogen) atoms. The summed E-state index contributed by atoms with van der Waals surface area (Å²) >= 11 is 0. The summed E-state index contributed by atoms with van der Waals surface area (Å²) in [5.74, 6) is -0.179.